The third-order valence-corrected chi connectivity index (χ3v) is 1.46. The lowest BCUT2D eigenvalue weighted by Crippen LogP contribution is -2.25. The zero-order valence-electron chi connectivity index (χ0n) is 7.40. The van der Waals surface area contributed by atoms with E-state index in [1.807, 2.05) is 0 Å². The number of rotatable bonds is 4. The molecule has 1 amide bonds. The highest BCUT2D eigenvalue weighted by Crippen LogP contribution is 1.90. The summed E-state index contributed by atoms with van der Waals surface area (Å²) in [4.78, 5) is 11.2. The van der Waals surface area contributed by atoms with Crippen molar-refractivity contribution < 1.29 is 9.90 Å². The van der Waals surface area contributed by atoms with Crippen LogP contribution in [0.3, 0.4) is 0 Å². The molecule has 1 heterocycles. The van der Waals surface area contributed by atoms with Gasteiger partial charge >= 0.3 is 0 Å². The highest BCUT2D eigenvalue weighted by molar-refractivity contribution is 5.91. The molecule has 0 radical (unpaired) electrons. The Morgan fingerprint density at radius 2 is 2.54 bits per heavy atom. The molecule has 0 bridgehead atoms. The minimum Gasteiger partial charge on any atom is -0.396 e. The average Bonchev–Trinajstić information content (AvgIpc) is 2.52. The van der Waals surface area contributed by atoms with Crippen LogP contribution in [-0.2, 0) is 7.05 Å². The molecule has 13 heavy (non-hydrogen) atoms. The highest BCUT2D eigenvalue weighted by atomic mass is 16.3. The third-order valence-electron chi connectivity index (χ3n) is 1.46. The van der Waals surface area contributed by atoms with E-state index >= 15 is 0 Å². The monoisotopic (exact) mass is 184 g/mol. The molecule has 0 atom stereocenters. The second kappa shape index (κ2) is 4.56. The molecule has 6 nitrogen and oxygen atoms in total. The Hall–Kier alpha value is -1.43. The van der Waals surface area contributed by atoms with Gasteiger partial charge in [-0.1, -0.05) is 5.21 Å². The Kier molecular flexibility index (Phi) is 3.39. The lowest BCUT2D eigenvalue weighted by Gasteiger charge is -1.99. The summed E-state index contributed by atoms with van der Waals surface area (Å²) < 4.78 is 1.46. The lowest BCUT2D eigenvalue weighted by atomic mass is 10.4. The number of aliphatic hydroxyl groups is 1. The van der Waals surface area contributed by atoms with Crippen LogP contribution < -0.4 is 5.32 Å². The van der Waals surface area contributed by atoms with Crippen LogP contribution in [0.1, 0.15) is 16.9 Å². The minimum atomic E-state index is -0.262. The molecule has 0 saturated heterocycles. The number of nitrogens with zero attached hydrogens (tertiary/aromatic N) is 3. The number of aliphatic hydroxyl groups excluding tert-OH is 1. The molecule has 1 aromatic rings. The third kappa shape index (κ3) is 2.83. The first-order chi connectivity index (χ1) is 6.24. The van der Waals surface area contributed by atoms with Crippen LogP contribution in [0.25, 0.3) is 0 Å². The van der Waals surface area contributed by atoms with E-state index in [4.69, 9.17) is 5.11 Å². The smallest absolute Gasteiger partial charge is 0.273 e. The van der Waals surface area contributed by atoms with Crippen LogP contribution in [0.2, 0.25) is 0 Å². The van der Waals surface area contributed by atoms with E-state index < -0.39 is 0 Å². The Morgan fingerprint density at radius 1 is 1.77 bits per heavy atom. The first kappa shape index (κ1) is 9.66. The number of carbonyl (C=O) groups is 1. The van der Waals surface area contributed by atoms with Crippen LogP contribution in [-0.4, -0.2) is 39.2 Å². The summed E-state index contributed by atoms with van der Waals surface area (Å²) in [7, 11) is 1.69. The van der Waals surface area contributed by atoms with Crippen molar-refractivity contribution in [3.05, 3.63) is 11.9 Å². The molecule has 0 spiro atoms. The molecular weight excluding hydrogens is 172 g/mol. The Labute approximate surface area is 75.6 Å². The Morgan fingerprint density at radius 3 is 3.08 bits per heavy atom. The van der Waals surface area contributed by atoms with Crippen molar-refractivity contribution in [2.24, 2.45) is 7.05 Å². The van der Waals surface area contributed by atoms with Gasteiger partial charge in [-0.15, -0.1) is 5.10 Å². The van der Waals surface area contributed by atoms with Crippen LogP contribution >= 0.6 is 0 Å². The quantitative estimate of drug-likeness (QED) is 0.584. The van der Waals surface area contributed by atoms with Gasteiger partial charge in [0.15, 0.2) is 5.69 Å². The molecule has 0 aromatic carbocycles. The summed E-state index contributed by atoms with van der Waals surface area (Å²) in [5.41, 5.74) is 0.292. The molecule has 0 aliphatic heterocycles. The number of aromatic nitrogens is 3. The van der Waals surface area contributed by atoms with Gasteiger partial charge in [-0.2, -0.15) is 0 Å². The van der Waals surface area contributed by atoms with Gasteiger partial charge in [0.2, 0.25) is 0 Å². The van der Waals surface area contributed by atoms with Gasteiger partial charge in [-0.25, -0.2) is 0 Å². The van der Waals surface area contributed by atoms with Gasteiger partial charge < -0.3 is 10.4 Å². The highest BCUT2D eigenvalue weighted by Gasteiger charge is 2.07. The van der Waals surface area contributed by atoms with Crippen molar-refractivity contribution in [1.82, 2.24) is 20.3 Å². The van der Waals surface area contributed by atoms with Crippen LogP contribution in [0.15, 0.2) is 6.20 Å². The zero-order valence-corrected chi connectivity index (χ0v) is 7.40. The minimum absolute atomic E-state index is 0.0702. The Bertz CT molecular complexity index is 284. The van der Waals surface area contributed by atoms with Gasteiger partial charge in [-0.3, -0.25) is 9.48 Å². The molecule has 0 fully saturated rings. The number of hydrogen-bond acceptors (Lipinski definition) is 4. The number of hydrogen-bond donors (Lipinski definition) is 2. The van der Waals surface area contributed by atoms with Crippen molar-refractivity contribution in [2.75, 3.05) is 13.2 Å². The largest absolute Gasteiger partial charge is 0.396 e. The summed E-state index contributed by atoms with van der Waals surface area (Å²) in [6.07, 6.45) is 2.08. The number of amides is 1. The van der Waals surface area contributed by atoms with E-state index in [-0.39, 0.29) is 12.5 Å². The van der Waals surface area contributed by atoms with Crippen molar-refractivity contribution in [1.29, 1.82) is 0 Å². The second-order valence-electron chi connectivity index (χ2n) is 2.61. The average molecular weight is 184 g/mol. The molecule has 0 saturated carbocycles. The molecule has 1 aromatic heterocycles. The van der Waals surface area contributed by atoms with E-state index in [0.717, 1.165) is 0 Å². The Balaban J connectivity index is 2.40. The summed E-state index contributed by atoms with van der Waals surface area (Å²) >= 11 is 0. The van der Waals surface area contributed by atoms with E-state index in [1.165, 1.54) is 10.9 Å². The maximum atomic E-state index is 11.2. The molecule has 6 heteroatoms. The van der Waals surface area contributed by atoms with E-state index in [0.29, 0.717) is 18.7 Å². The zero-order chi connectivity index (χ0) is 9.68. The predicted octanol–water partition coefficient (Wildman–Crippen LogP) is -1.07. The van der Waals surface area contributed by atoms with Crippen molar-refractivity contribution in [3.63, 3.8) is 0 Å². The van der Waals surface area contributed by atoms with Gasteiger partial charge in [0.1, 0.15) is 0 Å². The first-order valence-corrected chi connectivity index (χ1v) is 3.99. The summed E-state index contributed by atoms with van der Waals surface area (Å²) in [6, 6.07) is 0. The van der Waals surface area contributed by atoms with Crippen molar-refractivity contribution >= 4 is 5.91 Å². The van der Waals surface area contributed by atoms with E-state index in [1.54, 1.807) is 7.05 Å². The molecule has 72 valence electrons. The molecule has 1 rings (SSSR count). The van der Waals surface area contributed by atoms with Gasteiger partial charge in [0.05, 0.1) is 6.20 Å². The molecular formula is C7H12N4O2. The van der Waals surface area contributed by atoms with E-state index in [2.05, 4.69) is 15.6 Å². The predicted molar refractivity (Wildman–Crippen MR) is 45.0 cm³/mol. The molecule has 0 aliphatic carbocycles. The van der Waals surface area contributed by atoms with Crippen LogP contribution in [0.4, 0.5) is 0 Å². The number of aryl methyl sites for hydroxylation is 1. The summed E-state index contributed by atoms with van der Waals surface area (Å²) in [6.45, 7) is 0.520. The second-order valence-corrected chi connectivity index (χ2v) is 2.61. The fourth-order valence-electron chi connectivity index (χ4n) is 0.823. The molecule has 0 aliphatic rings. The van der Waals surface area contributed by atoms with Gasteiger partial charge in [0.25, 0.3) is 5.91 Å². The summed E-state index contributed by atoms with van der Waals surface area (Å²) in [5, 5.41) is 18.3. The molecule has 2 N–H and O–H groups in total. The first-order valence-electron chi connectivity index (χ1n) is 3.99. The summed E-state index contributed by atoms with van der Waals surface area (Å²) in [5.74, 6) is -0.262. The van der Waals surface area contributed by atoms with E-state index in [9.17, 15) is 4.79 Å². The fraction of sp³-hybridized carbons (Fsp3) is 0.571. The number of carbonyl (C=O) groups excluding carboxylic acids is 1. The SMILES string of the molecule is Cn1cc(C(=O)NCCCO)nn1. The maximum absolute atomic E-state index is 11.2. The molecule has 0 unspecified atom stereocenters. The standard InChI is InChI=1S/C7H12N4O2/c1-11-5-6(9-10-11)7(13)8-3-2-4-12/h5,12H,2-4H2,1H3,(H,8,13). The number of nitrogens with one attached hydrogen (secondary N) is 1. The van der Waals surface area contributed by atoms with Crippen molar-refractivity contribution in [2.45, 2.75) is 6.42 Å². The fourth-order valence-corrected chi connectivity index (χ4v) is 0.823. The maximum Gasteiger partial charge on any atom is 0.273 e. The van der Waals surface area contributed by atoms with Gasteiger partial charge in [0, 0.05) is 20.2 Å². The lowest BCUT2D eigenvalue weighted by molar-refractivity contribution is 0.0946. The van der Waals surface area contributed by atoms with Gasteiger partial charge in [-0.05, 0) is 6.42 Å². The topological polar surface area (TPSA) is 80.0 Å². The van der Waals surface area contributed by atoms with Crippen molar-refractivity contribution in [3.8, 4) is 0 Å². The normalized spacial score (nSPS) is 10.0. The van der Waals surface area contributed by atoms with Crippen LogP contribution in [0, 0.1) is 0 Å². The van der Waals surface area contributed by atoms with Crippen LogP contribution in [0.5, 0.6) is 0 Å².